The van der Waals surface area contributed by atoms with Gasteiger partial charge >= 0.3 is 12.2 Å². The van der Waals surface area contributed by atoms with Crippen LogP contribution < -0.4 is 0 Å². The quantitative estimate of drug-likeness (QED) is 0.498. The zero-order chi connectivity index (χ0) is 22.0. The van der Waals surface area contributed by atoms with Gasteiger partial charge in [0, 0.05) is 10.7 Å². The van der Waals surface area contributed by atoms with Crippen LogP contribution in [-0.4, -0.2) is 38.4 Å². The van der Waals surface area contributed by atoms with Gasteiger partial charge in [-0.2, -0.15) is 4.90 Å². The SMILES string of the molecule is CC(C)(C)OC(=O)N(C(=O)OC(C)(C)C)C1=N[C@](C)(c2cc(Br)ccn2)C=CS1. The first-order valence-corrected chi connectivity index (χ1v) is 10.7. The van der Waals surface area contributed by atoms with E-state index in [2.05, 4.69) is 25.9 Å². The number of rotatable bonds is 1. The van der Waals surface area contributed by atoms with Crippen LogP contribution in [0.1, 0.15) is 54.2 Å². The summed E-state index contributed by atoms with van der Waals surface area (Å²) in [5.74, 6) is 0. The van der Waals surface area contributed by atoms with Crippen LogP contribution in [0.5, 0.6) is 0 Å². The number of imide groups is 1. The van der Waals surface area contributed by atoms with Crippen molar-refractivity contribution in [3.05, 3.63) is 40.0 Å². The van der Waals surface area contributed by atoms with Gasteiger partial charge < -0.3 is 9.47 Å². The second kappa shape index (κ2) is 8.47. The largest absolute Gasteiger partial charge is 0.443 e. The maximum atomic E-state index is 12.8. The molecule has 2 amide bonds. The van der Waals surface area contributed by atoms with Crippen LogP contribution in [0.25, 0.3) is 0 Å². The molecule has 0 fully saturated rings. The molecule has 2 heterocycles. The highest BCUT2D eigenvalue weighted by molar-refractivity contribution is 9.10. The van der Waals surface area contributed by atoms with Crippen molar-refractivity contribution in [1.82, 2.24) is 9.88 Å². The Morgan fingerprint density at radius 1 is 1.10 bits per heavy atom. The number of hydrogen-bond acceptors (Lipinski definition) is 7. The van der Waals surface area contributed by atoms with Crippen molar-refractivity contribution >= 4 is 45.0 Å². The lowest BCUT2D eigenvalue weighted by molar-refractivity contribution is 0.0152. The lowest BCUT2D eigenvalue weighted by Gasteiger charge is -2.31. The second-order valence-electron chi connectivity index (χ2n) is 8.62. The summed E-state index contributed by atoms with van der Waals surface area (Å²) in [5, 5.41) is 1.92. The Kier molecular flexibility index (Phi) is 6.84. The van der Waals surface area contributed by atoms with Gasteiger partial charge in [-0.05, 0) is 72.1 Å². The highest BCUT2D eigenvalue weighted by Crippen LogP contribution is 2.34. The molecule has 2 rings (SSSR count). The van der Waals surface area contributed by atoms with Crippen molar-refractivity contribution in [2.45, 2.75) is 65.2 Å². The van der Waals surface area contributed by atoms with Crippen LogP contribution in [0.15, 0.2) is 39.3 Å². The molecule has 0 aromatic carbocycles. The summed E-state index contributed by atoms with van der Waals surface area (Å²) in [7, 11) is 0. The summed E-state index contributed by atoms with van der Waals surface area (Å²) in [6.45, 7) is 12.2. The van der Waals surface area contributed by atoms with Gasteiger partial charge in [0.25, 0.3) is 0 Å². The van der Waals surface area contributed by atoms with Crippen molar-refractivity contribution < 1.29 is 19.1 Å². The molecule has 1 aliphatic rings. The van der Waals surface area contributed by atoms with E-state index in [1.807, 2.05) is 25.1 Å². The van der Waals surface area contributed by atoms with Crippen LogP contribution >= 0.6 is 27.7 Å². The van der Waals surface area contributed by atoms with Gasteiger partial charge in [0.15, 0.2) is 5.17 Å². The molecule has 1 atom stereocenters. The number of aromatic nitrogens is 1. The van der Waals surface area contributed by atoms with Gasteiger partial charge in [-0.25, -0.2) is 14.6 Å². The summed E-state index contributed by atoms with van der Waals surface area (Å²) >= 11 is 4.57. The van der Waals surface area contributed by atoms with Crippen molar-refractivity contribution in [2.24, 2.45) is 4.99 Å². The number of amides is 2. The molecule has 0 saturated heterocycles. The lowest BCUT2D eigenvalue weighted by Crippen LogP contribution is -2.47. The Morgan fingerprint density at radius 2 is 1.66 bits per heavy atom. The minimum Gasteiger partial charge on any atom is -0.443 e. The molecule has 0 N–H and O–H groups in total. The topological polar surface area (TPSA) is 81.1 Å². The molecule has 158 valence electrons. The Morgan fingerprint density at radius 3 is 2.14 bits per heavy atom. The molecule has 29 heavy (non-hydrogen) atoms. The van der Waals surface area contributed by atoms with Crippen LogP contribution in [-0.2, 0) is 15.0 Å². The molecule has 0 spiro atoms. The number of aliphatic imine (C=N–C) groups is 1. The van der Waals surface area contributed by atoms with E-state index in [1.165, 1.54) is 0 Å². The van der Waals surface area contributed by atoms with Crippen molar-refractivity contribution in [3.63, 3.8) is 0 Å². The third-order valence-corrected chi connectivity index (χ3v) is 4.73. The Bertz CT molecular complexity index is 830. The molecule has 0 bridgehead atoms. The van der Waals surface area contributed by atoms with E-state index in [0.29, 0.717) is 5.69 Å². The predicted octanol–water partition coefficient (Wildman–Crippen LogP) is 5.85. The highest BCUT2D eigenvalue weighted by atomic mass is 79.9. The number of carbonyl (C=O) groups is 2. The zero-order valence-electron chi connectivity index (χ0n) is 17.6. The number of nitrogens with zero attached hydrogens (tertiary/aromatic N) is 3. The van der Waals surface area contributed by atoms with E-state index in [1.54, 1.807) is 53.1 Å². The van der Waals surface area contributed by atoms with E-state index < -0.39 is 28.9 Å². The van der Waals surface area contributed by atoms with Gasteiger partial charge in [-0.15, -0.1) is 0 Å². The van der Waals surface area contributed by atoms with Crippen LogP contribution in [0.2, 0.25) is 0 Å². The first-order valence-electron chi connectivity index (χ1n) is 9.02. The number of ether oxygens (including phenoxy) is 2. The minimum atomic E-state index is -0.868. The van der Waals surface area contributed by atoms with Gasteiger partial charge in [-0.1, -0.05) is 27.7 Å². The molecule has 0 unspecified atom stereocenters. The third-order valence-electron chi connectivity index (χ3n) is 3.48. The molecule has 7 nitrogen and oxygen atoms in total. The first-order chi connectivity index (χ1) is 13.2. The molecule has 9 heteroatoms. The molecule has 1 aromatic heterocycles. The Balaban J connectivity index is 2.47. The van der Waals surface area contributed by atoms with Gasteiger partial charge in [0.05, 0.1) is 5.69 Å². The highest BCUT2D eigenvalue weighted by Gasteiger charge is 2.38. The first kappa shape index (κ1) is 23.4. The monoisotopic (exact) mass is 483 g/mol. The summed E-state index contributed by atoms with van der Waals surface area (Å²) in [4.78, 5) is 35.6. The third kappa shape index (κ3) is 6.57. The molecular weight excluding hydrogens is 458 g/mol. The fourth-order valence-corrected chi connectivity index (χ4v) is 3.55. The Hall–Kier alpha value is -1.87. The standard InChI is InChI=1S/C20H26BrN3O4S/c1-18(2,3)27-16(25)24(17(26)28-19(4,5)6)15-23-20(7,9-11-29-15)14-12-13(21)8-10-22-14/h8-12H,1-7H3/t20-/m0/s1. The molecule has 1 aliphatic heterocycles. The van der Waals surface area contributed by atoms with E-state index in [-0.39, 0.29) is 5.17 Å². The molecule has 0 radical (unpaired) electrons. The van der Waals surface area contributed by atoms with Crippen molar-refractivity contribution in [3.8, 4) is 0 Å². The molecule has 0 aliphatic carbocycles. The summed E-state index contributed by atoms with van der Waals surface area (Å²) in [6.07, 6.45) is 1.82. The molecular formula is C20H26BrN3O4S. The molecule has 1 aromatic rings. The average Bonchev–Trinajstić information content (AvgIpc) is 2.51. The smallest absolute Gasteiger partial charge is 0.426 e. The summed E-state index contributed by atoms with van der Waals surface area (Å²) in [5.41, 5.74) is -1.79. The second-order valence-corrected chi connectivity index (χ2v) is 10.4. The summed E-state index contributed by atoms with van der Waals surface area (Å²) < 4.78 is 11.7. The normalized spacial score (nSPS) is 19.4. The zero-order valence-corrected chi connectivity index (χ0v) is 20.1. The van der Waals surface area contributed by atoms with Gasteiger partial charge in [0.2, 0.25) is 0 Å². The van der Waals surface area contributed by atoms with E-state index >= 15 is 0 Å². The van der Waals surface area contributed by atoms with E-state index in [0.717, 1.165) is 21.1 Å². The van der Waals surface area contributed by atoms with E-state index in [9.17, 15) is 9.59 Å². The van der Waals surface area contributed by atoms with Crippen molar-refractivity contribution in [2.75, 3.05) is 0 Å². The summed E-state index contributed by atoms with van der Waals surface area (Å²) in [6, 6.07) is 3.65. The van der Waals surface area contributed by atoms with Crippen LogP contribution in [0, 0.1) is 0 Å². The predicted molar refractivity (Wildman–Crippen MR) is 118 cm³/mol. The lowest BCUT2D eigenvalue weighted by atomic mass is 9.98. The van der Waals surface area contributed by atoms with Gasteiger partial charge in [0.1, 0.15) is 16.7 Å². The molecule has 0 saturated carbocycles. The number of amidine groups is 1. The van der Waals surface area contributed by atoms with Crippen molar-refractivity contribution in [1.29, 1.82) is 0 Å². The van der Waals surface area contributed by atoms with E-state index in [4.69, 9.17) is 9.47 Å². The number of thioether (sulfide) groups is 1. The van der Waals surface area contributed by atoms with Crippen LogP contribution in [0.4, 0.5) is 9.59 Å². The number of hydrogen-bond donors (Lipinski definition) is 0. The fourth-order valence-electron chi connectivity index (χ4n) is 2.26. The maximum Gasteiger partial charge on any atom is 0.426 e. The Labute approximate surface area is 184 Å². The number of pyridine rings is 1. The number of halogens is 1. The van der Waals surface area contributed by atoms with Gasteiger partial charge in [-0.3, -0.25) is 4.98 Å². The minimum absolute atomic E-state index is 0.153. The fraction of sp³-hybridized carbons (Fsp3) is 0.500. The van der Waals surface area contributed by atoms with Crippen LogP contribution in [0.3, 0.4) is 0 Å². The maximum absolute atomic E-state index is 12.8. The average molecular weight is 484 g/mol. The number of carbonyl (C=O) groups excluding carboxylic acids is 2.